The summed E-state index contributed by atoms with van der Waals surface area (Å²) < 4.78 is 44.6. The Balaban J connectivity index is 1.79. The zero-order chi connectivity index (χ0) is 20.3. The minimum Gasteiger partial charge on any atom is -0.378 e. The molecule has 0 aliphatic carbocycles. The van der Waals surface area contributed by atoms with Gasteiger partial charge in [0.15, 0.2) is 0 Å². The first-order valence-electron chi connectivity index (χ1n) is 8.35. The molecule has 28 heavy (non-hydrogen) atoms. The van der Waals surface area contributed by atoms with E-state index in [-0.39, 0.29) is 17.7 Å². The number of halogens is 4. The highest BCUT2D eigenvalue weighted by Gasteiger charge is 2.35. The molecule has 0 atom stereocenters. The molecule has 0 saturated carbocycles. The van der Waals surface area contributed by atoms with E-state index in [1.807, 2.05) is 0 Å². The maximum atomic E-state index is 12.9. The van der Waals surface area contributed by atoms with Crippen molar-refractivity contribution in [2.75, 3.05) is 44.0 Å². The highest BCUT2D eigenvalue weighted by molar-refractivity contribution is 9.10. The van der Waals surface area contributed by atoms with Gasteiger partial charge in [0.1, 0.15) is 11.4 Å². The molecule has 11 heteroatoms. The molecule has 1 saturated heterocycles. The summed E-state index contributed by atoms with van der Waals surface area (Å²) in [4.78, 5) is 21.8. The van der Waals surface area contributed by atoms with E-state index < -0.39 is 11.7 Å². The highest BCUT2D eigenvalue weighted by atomic mass is 79.9. The quantitative estimate of drug-likeness (QED) is 0.728. The maximum absolute atomic E-state index is 12.9. The zero-order valence-electron chi connectivity index (χ0n) is 14.8. The maximum Gasteiger partial charge on any atom is 0.421 e. The second-order valence-corrected chi connectivity index (χ2v) is 6.78. The molecular formula is C17H17BrF3N5O2. The third kappa shape index (κ3) is 4.53. The number of hydrogen-bond donors (Lipinski definition) is 2. The van der Waals surface area contributed by atoms with Crippen LogP contribution < -0.4 is 10.6 Å². The van der Waals surface area contributed by atoms with Gasteiger partial charge in [0.05, 0.1) is 18.9 Å². The number of carbonyl (C=O) groups excluding carboxylic acids is 1. The average molecular weight is 460 g/mol. The minimum absolute atomic E-state index is 0.00898. The molecule has 1 amide bonds. The lowest BCUT2D eigenvalue weighted by Crippen LogP contribution is -2.40. The molecule has 0 spiro atoms. The number of rotatable bonds is 4. The summed E-state index contributed by atoms with van der Waals surface area (Å²) in [5, 5.41) is 5.27. The Morgan fingerprint density at radius 3 is 2.61 bits per heavy atom. The fraction of sp³-hybridized carbons (Fsp3) is 0.353. The van der Waals surface area contributed by atoms with Crippen LogP contribution in [-0.2, 0) is 10.9 Å². The molecular weight excluding hydrogens is 443 g/mol. The predicted molar refractivity (Wildman–Crippen MR) is 101 cm³/mol. The fourth-order valence-corrected chi connectivity index (χ4v) is 3.14. The van der Waals surface area contributed by atoms with E-state index in [1.165, 1.54) is 7.05 Å². The number of ether oxygens (including phenoxy) is 1. The molecule has 7 nitrogen and oxygen atoms in total. The second kappa shape index (κ2) is 8.31. The molecule has 1 aromatic carbocycles. The van der Waals surface area contributed by atoms with Gasteiger partial charge in [0.2, 0.25) is 5.95 Å². The van der Waals surface area contributed by atoms with Crippen LogP contribution in [0.25, 0.3) is 0 Å². The van der Waals surface area contributed by atoms with Crippen LogP contribution >= 0.6 is 15.9 Å². The number of amides is 1. The van der Waals surface area contributed by atoms with E-state index in [0.717, 1.165) is 0 Å². The minimum atomic E-state index is -4.56. The summed E-state index contributed by atoms with van der Waals surface area (Å²) in [6.45, 7) is 2.07. The van der Waals surface area contributed by atoms with Gasteiger partial charge in [-0.05, 0) is 34.1 Å². The molecule has 1 aliphatic rings. The predicted octanol–water partition coefficient (Wildman–Crippen LogP) is 3.52. The first-order chi connectivity index (χ1) is 13.3. The summed E-state index contributed by atoms with van der Waals surface area (Å²) in [6.07, 6.45) is -3.84. The van der Waals surface area contributed by atoms with Crippen LogP contribution in [0.1, 0.15) is 15.9 Å². The average Bonchev–Trinajstić information content (AvgIpc) is 2.68. The number of carbonyl (C=O) groups is 1. The van der Waals surface area contributed by atoms with E-state index in [1.54, 1.807) is 23.1 Å². The SMILES string of the molecule is CNc1nc(Nc2ccc(C(=O)N3CCOCC3)cc2Br)ncc1C(F)(F)F. The lowest BCUT2D eigenvalue weighted by molar-refractivity contribution is -0.137. The van der Waals surface area contributed by atoms with Crippen LogP contribution in [-0.4, -0.2) is 54.1 Å². The van der Waals surface area contributed by atoms with Crippen molar-refractivity contribution in [1.29, 1.82) is 0 Å². The Kier molecular flexibility index (Phi) is 6.04. The normalized spacial score (nSPS) is 14.7. The van der Waals surface area contributed by atoms with E-state index in [4.69, 9.17) is 4.74 Å². The van der Waals surface area contributed by atoms with Gasteiger partial charge in [-0.2, -0.15) is 18.2 Å². The molecule has 1 fully saturated rings. The van der Waals surface area contributed by atoms with Gasteiger partial charge in [0.25, 0.3) is 5.91 Å². The van der Waals surface area contributed by atoms with Crippen molar-refractivity contribution in [2.45, 2.75) is 6.18 Å². The van der Waals surface area contributed by atoms with Crippen molar-refractivity contribution in [1.82, 2.24) is 14.9 Å². The molecule has 3 rings (SSSR count). The monoisotopic (exact) mass is 459 g/mol. The van der Waals surface area contributed by atoms with Crippen LogP contribution in [0.15, 0.2) is 28.9 Å². The summed E-state index contributed by atoms with van der Waals surface area (Å²) in [5.41, 5.74) is 0.0509. The van der Waals surface area contributed by atoms with E-state index >= 15 is 0 Å². The van der Waals surface area contributed by atoms with Gasteiger partial charge in [-0.15, -0.1) is 0 Å². The number of nitrogens with one attached hydrogen (secondary N) is 2. The van der Waals surface area contributed by atoms with E-state index in [9.17, 15) is 18.0 Å². The third-order valence-electron chi connectivity index (χ3n) is 4.09. The second-order valence-electron chi connectivity index (χ2n) is 5.93. The van der Waals surface area contributed by atoms with Gasteiger partial charge in [0, 0.05) is 36.4 Å². The van der Waals surface area contributed by atoms with Gasteiger partial charge in [-0.1, -0.05) is 0 Å². The Morgan fingerprint density at radius 2 is 2.00 bits per heavy atom. The van der Waals surface area contributed by atoms with Gasteiger partial charge < -0.3 is 20.3 Å². The molecule has 1 aromatic heterocycles. The largest absolute Gasteiger partial charge is 0.421 e. The molecule has 2 heterocycles. The summed E-state index contributed by atoms with van der Waals surface area (Å²) in [7, 11) is 1.35. The van der Waals surface area contributed by atoms with Crippen LogP contribution in [0.5, 0.6) is 0 Å². The first kappa shape index (κ1) is 20.3. The summed E-state index contributed by atoms with van der Waals surface area (Å²) in [6, 6.07) is 4.91. The van der Waals surface area contributed by atoms with Crippen molar-refractivity contribution in [2.24, 2.45) is 0 Å². The molecule has 1 aliphatic heterocycles. The van der Waals surface area contributed by atoms with Crippen LogP contribution in [0.4, 0.5) is 30.6 Å². The molecule has 2 N–H and O–H groups in total. The first-order valence-corrected chi connectivity index (χ1v) is 9.14. The Hall–Kier alpha value is -2.40. The number of benzene rings is 1. The lowest BCUT2D eigenvalue weighted by atomic mass is 10.1. The number of hydrogen-bond acceptors (Lipinski definition) is 6. The van der Waals surface area contributed by atoms with Gasteiger partial charge >= 0.3 is 6.18 Å². The number of anilines is 3. The topological polar surface area (TPSA) is 79.4 Å². The Labute approximate surface area is 167 Å². The fourth-order valence-electron chi connectivity index (χ4n) is 2.66. The van der Waals surface area contributed by atoms with Crippen molar-refractivity contribution in [3.63, 3.8) is 0 Å². The van der Waals surface area contributed by atoms with E-state index in [2.05, 4.69) is 36.5 Å². The van der Waals surface area contributed by atoms with Crippen molar-refractivity contribution >= 4 is 39.3 Å². The molecule has 0 bridgehead atoms. The van der Waals surface area contributed by atoms with Crippen molar-refractivity contribution in [3.05, 3.63) is 40.0 Å². The smallest absolute Gasteiger partial charge is 0.378 e. The number of morpholine rings is 1. The molecule has 150 valence electrons. The zero-order valence-corrected chi connectivity index (χ0v) is 16.4. The van der Waals surface area contributed by atoms with E-state index in [0.29, 0.717) is 48.2 Å². The number of aromatic nitrogens is 2. The highest BCUT2D eigenvalue weighted by Crippen LogP contribution is 2.34. The van der Waals surface area contributed by atoms with Crippen molar-refractivity contribution in [3.8, 4) is 0 Å². The molecule has 0 unspecified atom stereocenters. The molecule has 0 radical (unpaired) electrons. The lowest BCUT2D eigenvalue weighted by Gasteiger charge is -2.27. The Bertz CT molecular complexity index is 872. The third-order valence-corrected chi connectivity index (χ3v) is 4.75. The van der Waals surface area contributed by atoms with Crippen LogP contribution in [0.2, 0.25) is 0 Å². The standard InChI is InChI=1S/C17H17BrF3N5O2/c1-22-14-11(17(19,20)21)9-23-16(25-14)24-13-3-2-10(8-12(13)18)15(27)26-4-6-28-7-5-26/h2-3,8-9H,4-7H2,1H3,(H2,22,23,24,25). The number of nitrogens with zero attached hydrogens (tertiary/aromatic N) is 3. The summed E-state index contributed by atoms with van der Waals surface area (Å²) in [5.74, 6) is -0.454. The summed E-state index contributed by atoms with van der Waals surface area (Å²) >= 11 is 3.37. The van der Waals surface area contributed by atoms with Crippen molar-refractivity contribution < 1.29 is 22.7 Å². The molecule has 2 aromatic rings. The van der Waals surface area contributed by atoms with Gasteiger partial charge in [-0.3, -0.25) is 4.79 Å². The number of alkyl halides is 3. The van der Waals surface area contributed by atoms with Crippen LogP contribution in [0, 0.1) is 0 Å². The Morgan fingerprint density at radius 1 is 1.29 bits per heavy atom. The van der Waals surface area contributed by atoms with Crippen LogP contribution in [0.3, 0.4) is 0 Å². The van der Waals surface area contributed by atoms with Gasteiger partial charge in [-0.25, -0.2) is 4.98 Å².